The van der Waals surface area contributed by atoms with Crippen molar-refractivity contribution in [1.82, 2.24) is 10.2 Å². The first-order valence-corrected chi connectivity index (χ1v) is 4.31. The molecule has 0 saturated heterocycles. The van der Waals surface area contributed by atoms with Gasteiger partial charge in [0.25, 0.3) is 0 Å². The Morgan fingerprint density at radius 3 is 2.69 bits per heavy atom. The maximum Gasteiger partial charge on any atom is 0.310 e. The largest absolute Gasteiger partial charge is 0.466 e. The van der Waals surface area contributed by atoms with E-state index in [-0.39, 0.29) is 5.97 Å². The maximum absolute atomic E-state index is 11.2. The van der Waals surface area contributed by atoms with E-state index in [2.05, 4.69) is 10.2 Å². The van der Waals surface area contributed by atoms with Gasteiger partial charge in [-0.05, 0) is 20.8 Å². The van der Waals surface area contributed by atoms with Gasteiger partial charge in [-0.2, -0.15) is 5.10 Å². The minimum atomic E-state index is -0.199. The lowest BCUT2D eigenvalue weighted by Gasteiger charge is -2.01. The van der Waals surface area contributed by atoms with Crippen LogP contribution in [0, 0.1) is 13.8 Å². The van der Waals surface area contributed by atoms with Crippen molar-refractivity contribution in [3.05, 3.63) is 17.0 Å². The smallest absolute Gasteiger partial charge is 0.310 e. The molecule has 0 unspecified atom stereocenters. The van der Waals surface area contributed by atoms with Crippen LogP contribution in [0.5, 0.6) is 0 Å². The molecular formula is C9H14N2O2. The Hall–Kier alpha value is -1.32. The summed E-state index contributed by atoms with van der Waals surface area (Å²) in [5.41, 5.74) is 2.74. The van der Waals surface area contributed by atoms with Gasteiger partial charge in [0, 0.05) is 11.3 Å². The third-order valence-corrected chi connectivity index (χ3v) is 1.91. The number of nitrogens with zero attached hydrogens (tertiary/aromatic N) is 1. The molecule has 1 rings (SSSR count). The molecule has 0 fully saturated rings. The summed E-state index contributed by atoms with van der Waals surface area (Å²) in [5.74, 6) is -0.199. The van der Waals surface area contributed by atoms with Crippen molar-refractivity contribution in [1.29, 1.82) is 0 Å². The fraction of sp³-hybridized carbons (Fsp3) is 0.556. The van der Waals surface area contributed by atoms with E-state index in [0.29, 0.717) is 13.0 Å². The second kappa shape index (κ2) is 4.07. The number of hydrogen-bond donors (Lipinski definition) is 1. The SMILES string of the molecule is CCOC(=O)Cc1c(C)n[nH]c1C. The van der Waals surface area contributed by atoms with Gasteiger partial charge in [-0.15, -0.1) is 0 Å². The predicted octanol–water partition coefficient (Wildman–Crippen LogP) is 1.13. The molecule has 0 bridgehead atoms. The van der Waals surface area contributed by atoms with Crippen LogP contribution in [0.1, 0.15) is 23.9 Å². The number of hydrogen-bond acceptors (Lipinski definition) is 3. The van der Waals surface area contributed by atoms with Crippen LogP contribution in [0.2, 0.25) is 0 Å². The number of esters is 1. The minimum absolute atomic E-state index is 0.199. The van der Waals surface area contributed by atoms with Crippen LogP contribution >= 0.6 is 0 Å². The molecule has 0 aliphatic rings. The Balaban J connectivity index is 2.68. The van der Waals surface area contributed by atoms with Crippen LogP contribution in [-0.2, 0) is 16.0 Å². The van der Waals surface area contributed by atoms with Gasteiger partial charge in [-0.3, -0.25) is 9.89 Å². The van der Waals surface area contributed by atoms with E-state index in [4.69, 9.17) is 4.74 Å². The molecule has 0 spiro atoms. The highest BCUT2D eigenvalue weighted by Crippen LogP contribution is 2.10. The first-order valence-electron chi connectivity index (χ1n) is 4.31. The van der Waals surface area contributed by atoms with E-state index in [1.807, 2.05) is 13.8 Å². The highest BCUT2D eigenvalue weighted by Gasteiger charge is 2.11. The van der Waals surface area contributed by atoms with Crippen molar-refractivity contribution in [2.45, 2.75) is 27.2 Å². The van der Waals surface area contributed by atoms with Crippen molar-refractivity contribution in [3.8, 4) is 0 Å². The molecular weight excluding hydrogens is 168 g/mol. The third kappa shape index (κ3) is 2.31. The van der Waals surface area contributed by atoms with E-state index >= 15 is 0 Å². The molecule has 0 amide bonds. The van der Waals surface area contributed by atoms with Crippen LogP contribution in [0.4, 0.5) is 0 Å². The highest BCUT2D eigenvalue weighted by atomic mass is 16.5. The van der Waals surface area contributed by atoms with Gasteiger partial charge in [0.05, 0.1) is 18.7 Å². The number of aryl methyl sites for hydroxylation is 2. The number of ether oxygens (including phenoxy) is 1. The number of carbonyl (C=O) groups is 1. The van der Waals surface area contributed by atoms with Gasteiger partial charge in [0.2, 0.25) is 0 Å². The standard InChI is InChI=1S/C9H14N2O2/c1-4-13-9(12)5-8-6(2)10-11-7(8)3/h4-5H2,1-3H3,(H,10,11). The van der Waals surface area contributed by atoms with Crippen LogP contribution in [0.3, 0.4) is 0 Å². The van der Waals surface area contributed by atoms with E-state index in [1.54, 1.807) is 6.92 Å². The maximum atomic E-state index is 11.2. The summed E-state index contributed by atoms with van der Waals surface area (Å²) in [4.78, 5) is 11.2. The number of carbonyl (C=O) groups excluding carboxylic acids is 1. The number of H-pyrrole nitrogens is 1. The molecule has 1 N–H and O–H groups in total. The second-order valence-electron chi connectivity index (χ2n) is 2.89. The normalized spacial score (nSPS) is 10.1. The van der Waals surface area contributed by atoms with Gasteiger partial charge in [-0.1, -0.05) is 0 Å². The molecule has 1 aromatic rings. The summed E-state index contributed by atoms with van der Waals surface area (Å²) in [5, 5.41) is 6.82. The Kier molecular flexibility index (Phi) is 3.06. The average Bonchev–Trinajstić information content (AvgIpc) is 2.36. The molecule has 4 nitrogen and oxygen atoms in total. The summed E-state index contributed by atoms with van der Waals surface area (Å²) in [6, 6.07) is 0. The van der Waals surface area contributed by atoms with Crippen molar-refractivity contribution >= 4 is 5.97 Å². The van der Waals surface area contributed by atoms with Gasteiger partial charge in [0.1, 0.15) is 0 Å². The first kappa shape index (κ1) is 9.77. The Bertz CT molecular complexity index is 285. The molecule has 13 heavy (non-hydrogen) atoms. The molecule has 4 heteroatoms. The van der Waals surface area contributed by atoms with E-state index in [0.717, 1.165) is 17.0 Å². The predicted molar refractivity (Wildman–Crippen MR) is 48.4 cm³/mol. The lowest BCUT2D eigenvalue weighted by molar-refractivity contribution is -0.142. The van der Waals surface area contributed by atoms with Crippen molar-refractivity contribution in [3.63, 3.8) is 0 Å². The Morgan fingerprint density at radius 1 is 1.54 bits per heavy atom. The molecule has 0 radical (unpaired) electrons. The molecule has 0 atom stereocenters. The summed E-state index contributed by atoms with van der Waals surface area (Å²) in [6.45, 7) is 5.99. The number of rotatable bonds is 3. The Labute approximate surface area is 77.3 Å². The third-order valence-electron chi connectivity index (χ3n) is 1.91. The molecule has 1 heterocycles. The monoisotopic (exact) mass is 182 g/mol. The number of aromatic amines is 1. The topological polar surface area (TPSA) is 55.0 Å². The van der Waals surface area contributed by atoms with Crippen LogP contribution in [0.25, 0.3) is 0 Å². The summed E-state index contributed by atoms with van der Waals surface area (Å²) in [7, 11) is 0. The lowest BCUT2D eigenvalue weighted by atomic mass is 10.1. The molecule has 0 aromatic carbocycles. The lowest BCUT2D eigenvalue weighted by Crippen LogP contribution is -2.08. The molecule has 0 aliphatic heterocycles. The van der Waals surface area contributed by atoms with E-state index in [9.17, 15) is 4.79 Å². The minimum Gasteiger partial charge on any atom is -0.466 e. The van der Waals surface area contributed by atoms with Crippen LogP contribution in [-0.4, -0.2) is 22.8 Å². The van der Waals surface area contributed by atoms with Gasteiger partial charge >= 0.3 is 5.97 Å². The average molecular weight is 182 g/mol. The Morgan fingerprint density at radius 2 is 2.23 bits per heavy atom. The quantitative estimate of drug-likeness (QED) is 0.713. The van der Waals surface area contributed by atoms with Gasteiger partial charge in [0.15, 0.2) is 0 Å². The fourth-order valence-corrected chi connectivity index (χ4v) is 1.19. The molecule has 0 aliphatic carbocycles. The second-order valence-corrected chi connectivity index (χ2v) is 2.89. The van der Waals surface area contributed by atoms with Crippen LogP contribution in [0.15, 0.2) is 0 Å². The van der Waals surface area contributed by atoms with Crippen molar-refractivity contribution < 1.29 is 9.53 Å². The molecule has 1 aromatic heterocycles. The summed E-state index contributed by atoms with van der Waals surface area (Å²) >= 11 is 0. The number of nitrogens with one attached hydrogen (secondary N) is 1. The molecule has 0 saturated carbocycles. The van der Waals surface area contributed by atoms with Gasteiger partial charge < -0.3 is 4.74 Å². The van der Waals surface area contributed by atoms with E-state index < -0.39 is 0 Å². The zero-order valence-electron chi connectivity index (χ0n) is 8.18. The van der Waals surface area contributed by atoms with Gasteiger partial charge in [-0.25, -0.2) is 0 Å². The fourth-order valence-electron chi connectivity index (χ4n) is 1.19. The van der Waals surface area contributed by atoms with Crippen molar-refractivity contribution in [2.24, 2.45) is 0 Å². The van der Waals surface area contributed by atoms with Crippen LogP contribution < -0.4 is 0 Å². The number of aromatic nitrogens is 2. The zero-order valence-corrected chi connectivity index (χ0v) is 8.18. The van der Waals surface area contributed by atoms with E-state index in [1.165, 1.54) is 0 Å². The first-order chi connectivity index (χ1) is 6.15. The summed E-state index contributed by atoms with van der Waals surface area (Å²) < 4.78 is 4.84. The summed E-state index contributed by atoms with van der Waals surface area (Å²) in [6.07, 6.45) is 0.308. The molecule has 72 valence electrons. The van der Waals surface area contributed by atoms with Crippen molar-refractivity contribution in [2.75, 3.05) is 6.61 Å². The highest BCUT2D eigenvalue weighted by molar-refractivity contribution is 5.73. The zero-order chi connectivity index (χ0) is 9.84.